The maximum Gasteiger partial charge on any atom is 0.164 e. The van der Waals surface area contributed by atoms with E-state index in [2.05, 4.69) is 70.2 Å². The van der Waals surface area contributed by atoms with Crippen molar-refractivity contribution in [3.63, 3.8) is 0 Å². The number of rotatable bonds is 8. The molecule has 1 aliphatic rings. The fourth-order valence-corrected chi connectivity index (χ4v) is 6.68. The minimum absolute atomic E-state index is 0.403. The van der Waals surface area contributed by atoms with Crippen molar-refractivity contribution in [1.82, 2.24) is 24.3 Å². The van der Waals surface area contributed by atoms with Gasteiger partial charge < -0.3 is 14.2 Å². The van der Waals surface area contributed by atoms with Crippen LogP contribution in [0.5, 0.6) is 0 Å². The SMILES string of the molecule is CCC1(C)CCN(c2nc3c(nc2Br)c(-c2ccc4nn(C)cc4c2Cl)cn3COCC[Si](C)(C)C)CC1. The number of fused-ring (bicyclic) bond motifs is 2. The molecule has 0 radical (unpaired) electrons. The second kappa shape index (κ2) is 10.6. The maximum absolute atomic E-state index is 6.95. The Bertz CT molecular complexity index is 1470. The molecule has 0 unspecified atom stereocenters. The highest BCUT2D eigenvalue weighted by Gasteiger charge is 2.30. The molecule has 0 saturated carbocycles. The summed E-state index contributed by atoms with van der Waals surface area (Å²) in [6, 6.07) is 5.16. The lowest BCUT2D eigenvalue weighted by Crippen LogP contribution is -2.39. The third-order valence-corrected chi connectivity index (χ3v) is 10.7. The summed E-state index contributed by atoms with van der Waals surface area (Å²) in [5, 5.41) is 6.11. The number of aromatic nitrogens is 5. The van der Waals surface area contributed by atoms with Crippen LogP contribution in [0.15, 0.2) is 29.1 Å². The van der Waals surface area contributed by atoms with Gasteiger partial charge in [0.25, 0.3) is 0 Å². The van der Waals surface area contributed by atoms with E-state index in [1.165, 1.54) is 6.42 Å². The predicted octanol–water partition coefficient (Wildman–Crippen LogP) is 7.73. The molecular weight excluding hydrogens is 580 g/mol. The van der Waals surface area contributed by atoms with Crippen molar-refractivity contribution in [1.29, 1.82) is 0 Å². The Morgan fingerprint density at radius 3 is 2.53 bits per heavy atom. The van der Waals surface area contributed by atoms with E-state index in [1.807, 2.05) is 25.4 Å². The van der Waals surface area contributed by atoms with Crippen molar-refractivity contribution in [3.05, 3.63) is 34.2 Å². The van der Waals surface area contributed by atoms with Crippen LogP contribution in [-0.4, -0.2) is 52.1 Å². The van der Waals surface area contributed by atoms with E-state index in [9.17, 15) is 0 Å². The van der Waals surface area contributed by atoms with Gasteiger partial charge in [-0.2, -0.15) is 5.10 Å². The van der Waals surface area contributed by atoms with Crippen molar-refractivity contribution in [2.45, 2.75) is 65.5 Å². The van der Waals surface area contributed by atoms with Crippen molar-refractivity contribution >= 4 is 63.5 Å². The summed E-state index contributed by atoms with van der Waals surface area (Å²) in [6.07, 6.45) is 7.56. The van der Waals surface area contributed by atoms with E-state index in [-0.39, 0.29) is 0 Å². The predicted molar refractivity (Wildman–Crippen MR) is 164 cm³/mol. The highest BCUT2D eigenvalue weighted by Crippen LogP contribution is 2.41. The molecule has 10 heteroatoms. The normalized spacial score (nSPS) is 16.2. The molecule has 1 aliphatic heterocycles. The van der Waals surface area contributed by atoms with Gasteiger partial charge in [0.05, 0.1) is 10.5 Å². The topological polar surface area (TPSA) is 61.0 Å². The van der Waals surface area contributed by atoms with E-state index in [1.54, 1.807) is 4.68 Å². The smallest absolute Gasteiger partial charge is 0.164 e. The molecule has 0 N–H and O–H groups in total. The monoisotopic (exact) mass is 616 g/mol. The molecular formula is C28H38BrClN6OSi. The van der Waals surface area contributed by atoms with E-state index >= 15 is 0 Å². The molecule has 204 valence electrons. The van der Waals surface area contributed by atoms with Gasteiger partial charge in [-0.25, -0.2) is 9.97 Å². The zero-order valence-corrected chi connectivity index (χ0v) is 26.7. The summed E-state index contributed by atoms with van der Waals surface area (Å²) in [5.74, 6) is 0.900. The quantitative estimate of drug-likeness (QED) is 0.150. The fourth-order valence-electron chi connectivity index (χ4n) is 5.09. The molecule has 5 rings (SSSR count). The first-order valence-corrected chi connectivity index (χ1v) is 18.4. The van der Waals surface area contributed by atoms with Crippen molar-refractivity contribution in [2.24, 2.45) is 12.5 Å². The number of halogens is 2. The largest absolute Gasteiger partial charge is 0.361 e. The first kappa shape index (κ1) is 27.6. The van der Waals surface area contributed by atoms with Gasteiger partial charge in [0.1, 0.15) is 16.9 Å². The summed E-state index contributed by atoms with van der Waals surface area (Å²) in [5.41, 5.74) is 4.77. The van der Waals surface area contributed by atoms with Gasteiger partial charge in [-0.15, -0.1) is 0 Å². The van der Waals surface area contributed by atoms with Crippen LogP contribution < -0.4 is 4.90 Å². The third kappa shape index (κ3) is 5.53. The maximum atomic E-state index is 6.95. The van der Waals surface area contributed by atoms with E-state index < -0.39 is 8.07 Å². The molecule has 1 saturated heterocycles. The van der Waals surface area contributed by atoms with Crippen molar-refractivity contribution in [2.75, 3.05) is 24.6 Å². The molecule has 1 aromatic carbocycles. The Balaban J connectivity index is 1.56. The van der Waals surface area contributed by atoms with Gasteiger partial charge in [0.2, 0.25) is 0 Å². The van der Waals surface area contributed by atoms with Crippen molar-refractivity contribution < 1.29 is 4.74 Å². The summed E-state index contributed by atoms with van der Waals surface area (Å²) in [4.78, 5) is 12.6. The van der Waals surface area contributed by atoms with Crippen LogP contribution in [0.2, 0.25) is 30.7 Å². The number of aryl methyl sites for hydroxylation is 1. The third-order valence-electron chi connectivity index (χ3n) is 8.01. The summed E-state index contributed by atoms with van der Waals surface area (Å²) in [7, 11) is 0.728. The molecule has 7 nitrogen and oxygen atoms in total. The average molecular weight is 618 g/mol. The van der Waals surface area contributed by atoms with Crippen LogP contribution in [0.3, 0.4) is 0 Å². The van der Waals surface area contributed by atoms with Gasteiger partial charge in [0.15, 0.2) is 11.5 Å². The highest BCUT2D eigenvalue weighted by atomic mass is 79.9. The second-order valence-electron chi connectivity index (χ2n) is 12.2. The van der Waals surface area contributed by atoms with E-state index in [4.69, 9.17) is 26.3 Å². The van der Waals surface area contributed by atoms with E-state index in [0.29, 0.717) is 17.2 Å². The van der Waals surface area contributed by atoms with Gasteiger partial charge >= 0.3 is 0 Å². The standard InChI is InChI=1S/C28H38BrClN6OSi/c1-7-28(2)10-12-35(13-11-28)27-25(29)31-24-20(19-8-9-22-21(23(19)30)16-34(3)33-22)17-36(26(24)32-27)18-37-14-15-38(4,5)6/h8-9,16-17H,7,10-15,18H2,1-6H3. The number of hydrogen-bond acceptors (Lipinski definition) is 5. The van der Waals surface area contributed by atoms with Crippen LogP contribution in [0.1, 0.15) is 33.1 Å². The number of nitrogens with zero attached hydrogens (tertiary/aromatic N) is 6. The second-order valence-corrected chi connectivity index (χ2v) is 18.9. The van der Waals surface area contributed by atoms with Crippen LogP contribution in [-0.2, 0) is 18.5 Å². The first-order valence-electron chi connectivity index (χ1n) is 13.5. The van der Waals surface area contributed by atoms with E-state index in [0.717, 1.165) is 82.2 Å². The number of benzene rings is 1. The minimum Gasteiger partial charge on any atom is -0.361 e. The van der Waals surface area contributed by atoms with Gasteiger partial charge in [-0.05, 0) is 46.3 Å². The highest BCUT2D eigenvalue weighted by molar-refractivity contribution is 9.10. The van der Waals surface area contributed by atoms with Crippen LogP contribution >= 0.6 is 27.5 Å². The Labute approximate surface area is 239 Å². The number of hydrogen-bond donors (Lipinski definition) is 0. The molecule has 0 atom stereocenters. The Morgan fingerprint density at radius 2 is 1.84 bits per heavy atom. The summed E-state index contributed by atoms with van der Waals surface area (Å²) < 4.78 is 10.8. The number of anilines is 1. The van der Waals surface area contributed by atoms with Crippen molar-refractivity contribution in [3.8, 4) is 11.1 Å². The lowest BCUT2D eigenvalue weighted by molar-refractivity contribution is 0.0899. The number of piperidine rings is 1. The van der Waals surface area contributed by atoms with Gasteiger partial charge in [-0.3, -0.25) is 4.68 Å². The van der Waals surface area contributed by atoms with Gasteiger partial charge in [-0.1, -0.05) is 57.6 Å². The molecule has 1 fully saturated rings. The Morgan fingerprint density at radius 1 is 1.11 bits per heavy atom. The molecule has 0 amide bonds. The molecule has 0 spiro atoms. The zero-order valence-electron chi connectivity index (χ0n) is 23.3. The molecule has 0 aliphatic carbocycles. The zero-order chi connectivity index (χ0) is 27.2. The van der Waals surface area contributed by atoms with Crippen LogP contribution in [0, 0.1) is 5.41 Å². The van der Waals surface area contributed by atoms with Gasteiger partial charge in [0, 0.05) is 63.7 Å². The summed E-state index contributed by atoms with van der Waals surface area (Å²) in [6.45, 7) is 14.9. The minimum atomic E-state index is -1.18. The molecule has 0 bridgehead atoms. The molecule has 4 aromatic rings. The Kier molecular flexibility index (Phi) is 7.67. The lowest BCUT2D eigenvalue weighted by atomic mass is 9.78. The summed E-state index contributed by atoms with van der Waals surface area (Å²) >= 11 is 10.7. The Hall–Kier alpha value is -1.94. The van der Waals surface area contributed by atoms with Crippen LogP contribution in [0.25, 0.3) is 33.2 Å². The average Bonchev–Trinajstić information content (AvgIpc) is 3.42. The first-order chi connectivity index (χ1) is 18.0. The molecule has 3 aromatic heterocycles. The fraction of sp³-hybridized carbons (Fsp3) is 0.536. The lowest BCUT2D eigenvalue weighted by Gasteiger charge is -2.39. The number of ether oxygens (including phenoxy) is 1. The van der Waals surface area contributed by atoms with Crippen LogP contribution in [0.4, 0.5) is 5.82 Å². The molecule has 38 heavy (non-hydrogen) atoms. The molecule has 4 heterocycles.